The fraction of sp³-hybridized carbons (Fsp3) is 0.367. The molecule has 2 aromatic heterocycles. The lowest BCUT2D eigenvalue weighted by molar-refractivity contribution is 0.124. The predicted molar refractivity (Wildman–Crippen MR) is 154 cm³/mol. The molecule has 4 heterocycles. The maximum absolute atomic E-state index is 16.7. The zero-order valence-electron chi connectivity index (χ0n) is 22.3. The first-order valence-corrected chi connectivity index (χ1v) is 14.1. The van der Waals surface area contributed by atoms with Gasteiger partial charge in [-0.25, -0.2) is 14.2 Å². The highest BCUT2D eigenvalue weighted by atomic mass is 35.5. The average Bonchev–Trinajstić information content (AvgIpc) is 3.63. The molecule has 4 atom stereocenters. The number of pyridine rings is 1. The fourth-order valence-corrected chi connectivity index (χ4v) is 7.07. The lowest BCUT2D eigenvalue weighted by Crippen LogP contribution is -2.43. The Labute approximate surface area is 241 Å². The predicted octanol–water partition coefficient (Wildman–Crippen LogP) is 7.27. The smallest absolute Gasteiger partial charge is 0.407 e. The second-order valence-electron chi connectivity index (χ2n) is 10.8. The summed E-state index contributed by atoms with van der Waals surface area (Å²) < 4.78 is 18.9. The molecule has 2 aromatic carbocycles. The molecule has 3 aliphatic rings. The molecule has 2 aliphatic heterocycles. The number of fused-ring (bicyclic) bond motifs is 4. The highest BCUT2D eigenvalue weighted by Gasteiger charge is 2.55. The Morgan fingerprint density at radius 3 is 2.77 bits per heavy atom. The molecule has 0 unspecified atom stereocenters. The molecule has 2 N–H and O–H groups in total. The summed E-state index contributed by atoms with van der Waals surface area (Å²) in [6.45, 7) is 4.41. The van der Waals surface area contributed by atoms with Crippen molar-refractivity contribution < 1.29 is 14.3 Å². The van der Waals surface area contributed by atoms with Crippen molar-refractivity contribution in [3.63, 3.8) is 0 Å². The molecule has 2 bridgehead atoms. The van der Waals surface area contributed by atoms with Crippen LogP contribution in [0.3, 0.4) is 0 Å². The van der Waals surface area contributed by atoms with Gasteiger partial charge in [0.15, 0.2) is 5.82 Å². The highest BCUT2D eigenvalue weighted by molar-refractivity contribution is 6.43. The number of halogens is 3. The number of benzene rings is 2. The summed E-state index contributed by atoms with van der Waals surface area (Å²) in [5.74, 6) is -0.338. The number of carbonyl (C=O) groups is 1. The number of carboxylic acid groups (broad SMARTS) is 1. The van der Waals surface area contributed by atoms with E-state index in [0.717, 1.165) is 23.0 Å². The minimum atomic E-state index is -0.912. The second kappa shape index (κ2) is 9.91. The number of nitriles is 1. The molecule has 0 radical (unpaired) electrons. The second-order valence-corrected chi connectivity index (χ2v) is 11.6. The Balaban J connectivity index is 1.70. The quantitative estimate of drug-likeness (QED) is 0.250. The molecule has 2 saturated heterocycles. The standard InChI is InChI=1S/C30H28Cl2FN5O2/c1-14-19-12-22(15(2)35-3)38(28-17-11-23(28)37(13-17)30(39)40)29(19)20-10-16(6-5-9-34)24(26(33)27(20)36-14)18-7-4-8-21(31)25(18)32/h4,7-8,10,12,15,17,23,28,35H,5-6,11,13H2,1-3H3,(H,39,40)/t15-,17-,23-,28+/m1/s1. The van der Waals surface area contributed by atoms with Crippen LogP contribution in [0.5, 0.6) is 0 Å². The van der Waals surface area contributed by atoms with Crippen molar-refractivity contribution in [2.75, 3.05) is 13.6 Å². The van der Waals surface area contributed by atoms with E-state index in [1.165, 1.54) is 4.90 Å². The third-order valence-corrected chi connectivity index (χ3v) is 9.53. The SMILES string of the molecule is CN[C@H](C)c1cc2c(C)nc3c(F)c(-c4cccc(Cl)c4Cl)c(CCC#N)cc3c2n1[C@H]1[C@@H]2C[C@H]1N(C(=O)O)C2. The van der Waals surface area contributed by atoms with E-state index in [1.54, 1.807) is 18.2 Å². The maximum Gasteiger partial charge on any atom is 0.407 e. The van der Waals surface area contributed by atoms with Crippen LogP contribution in [0.1, 0.15) is 48.8 Å². The van der Waals surface area contributed by atoms with Crippen LogP contribution in [0.25, 0.3) is 32.9 Å². The summed E-state index contributed by atoms with van der Waals surface area (Å²) in [6.07, 6.45) is 0.414. The van der Waals surface area contributed by atoms with Crippen molar-refractivity contribution in [3.05, 3.63) is 63.1 Å². The van der Waals surface area contributed by atoms with E-state index >= 15 is 4.39 Å². The van der Waals surface area contributed by atoms with Crippen molar-refractivity contribution in [3.8, 4) is 17.2 Å². The van der Waals surface area contributed by atoms with E-state index in [1.807, 2.05) is 20.0 Å². The van der Waals surface area contributed by atoms with Crippen molar-refractivity contribution in [2.45, 2.75) is 51.2 Å². The van der Waals surface area contributed by atoms with Gasteiger partial charge in [-0.2, -0.15) is 5.26 Å². The lowest BCUT2D eigenvalue weighted by Gasteiger charge is -2.39. The van der Waals surface area contributed by atoms with Gasteiger partial charge >= 0.3 is 6.09 Å². The topological polar surface area (TPSA) is 94.2 Å². The van der Waals surface area contributed by atoms with Gasteiger partial charge in [-0.05, 0) is 57.5 Å². The minimum absolute atomic E-state index is 0.0347. The number of nitrogens with zero attached hydrogens (tertiary/aromatic N) is 4. The van der Waals surface area contributed by atoms with Crippen LogP contribution in [-0.4, -0.2) is 45.3 Å². The van der Waals surface area contributed by atoms with E-state index < -0.39 is 11.9 Å². The van der Waals surface area contributed by atoms with Gasteiger partial charge < -0.3 is 19.9 Å². The lowest BCUT2D eigenvalue weighted by atomic mass is 9.79. The number of hydrogen-bond acceptors (Lipinski definition) is 4. The summed E-state index contributed by atoms with van der Waals surface area (Å²) >= 11 is 12.9. The van der Waals surface area contributed by atoms with E-state index in [2.05, 4.69) is 28.9 Å². The molecule has 206 valence electrons. The van der Waals surface area contributed by atoms with Crippen molar-refractivity contribution >= 4 is 51.1 Å². The van der Waals surface area contributed by atoms with Gasteiger partial charge in [-0.1, -0.05) is 35.3 Å². The Hall–Kier alpha value is -3.38. The largest absolute Gasteiger partial charge is 0.465 e. The van der Waals surface area contributed by atoms with Gasteiger partial charge in [0.25, 0.3) is 0 Å². The first-order chi connectivity index (χ1) is 19.2. The van der Waals surface area contributed by atoms with Crippen molar-refractivity contribution in [1.82, 2.24) is 19.8 Å². The van der Waals surface area contributed by atoms with Gasteiger partial charge in [0.1, 0.15) is 5.52 Å². The first-order valence-electron chi connectivity index (χ1n) is 13.3. The van der Waals surface area contributed by atoms with Crippen LogP contribution in [0, 0.1) is 30.0 Å². The molecule has 0 spiro atoms. The summed E-state index contributed by atoms with van der Waals surface area (Å²) in [6, 6.07) is 11.1. The van der Waals surface area contributed by atoms with E-state index in [0.29, 0.717) is 45.8 Å². The number of aromatic nitrogens is 2. The number of amides is 1. The summed E-state index contributed by atoms with van der Waals surface area (Å²) in [4.78, 5) is 18.2. The van der Waals surface area contributed by atoms with Crippen LogP contribution >= 0.6 is 23.2 Å². The molecule has 40 heavy (non-hydrogen) atoms. The number of hydrogen-bond donors (Lipinski definition) is 2. The van der Waals surface area contributed by atoms with Crippen LogP contribution in [-0.2, 0) is 6.42 Å². The molecule has 10 heteroatoms. The number of nitrogens with one attached hydrogen (secondary N) is 1. The Bertz CT molecular complexity index is 1750. The molecule has 1 aliphatic carbocycles. The molecule has 4 aromatic rings. The molecule has 3 fully saturated rings. The zero-order valence-corrected chi connectivity index (χ0v) is 23.8. The Kier molecular flexibility index (Phi) is 6.65. The minimum Gasteiger partial charge on any atom is -0.465 e. The Morgan fingerprint density at radius 2 is 2.10 bits per heavy atom. The van der Waals surface area contributed by atoms with Crippen LogP contribution in [0.4, 0.5) is 9.18 Å². The zero-order chi connectivity index (χ0) is 28.5. The summed E-state index contributed by atoms with van der Waals surface area (Å²) in [5, 5.41) is 24.6. The monoisotopic (exact) mass is 579 g/mol. The van der Waals surface area contributed by atoms with Gasteiger partial charge in [0, 0.05) is 58.2 Å². The van der Waals surface area contributed by atoms with Gasteiger partial charge in [-0.15, -0.1) is 0 Å². The highest BCUT2D eigenvalue weighted by Crippen LogP contribution is 2.53. The van der Waals surface area contributed by atoms with Crippen molar-refractivity contribution in [2.24, 2.45) is 5.92 Å². The summed E-state index contributed by atoms with van der Waals surface area (Å²) in [7, 11) is 1.88. The fourth-order valence-electron chi connectivity index (χ4n) is 6.68. The van der Waals surface area contributed by atoms with Crippen molar-refractivity contribution in [1.29, 1.82) is 5.26 Å². The summed E-state index contributed by atoms with van der Waals surface area (Å²) in [5.41, 5.74) is 4.12. The normalized spacial score (nSPS) is 20.6. The van der Waals surface area contributed by atoms with E-state index in [9.17, 15) is 15.2 Å². The number of rotatable bonds is 6. The van der Waals surface area contributed by atoms with E-state index in [4.69, 9.17) is 28.2 Å². The van der Waals surface area contributed by atoms with Crippen LogP contribution < -0.4 is 5.32 Å². The third kappa shape index (κ3) is 3.87. The molecular formula is C30H28Cl2FN5O2. The van der Waals surface area contributed by atoms with Crippen LogP contribution in [0.15, 0.2) is 30.3 Å². The third-order valence-electron chi connectivity index (χ3n) is 8.71. The van der Waals surface area contributed by atoms with Gasteiger partial charge in [0.2, 0.25) is 0 Å². The molecule has 1 saturated carbocycles. The van der Waals surface area contributed by atoms with Gasteiger partial charge in [0.05, 0.1) is 33.7 Å². The van der Waals surface area contributed by atoms with Gasteiger partial charge in [-0.3, -0.25) is 0 Å². The number of aryl methyl sites for hydroxylation is 2. The molecule has 1 amide bonds. The molecular weight excluding hydrogens is 552 g/mol. The van der Waals surface area contributed by atoms with E-state index in [-0.39, 0.29) is 41.0 Å². The molecule has 7 rings (SSSR count). The van der Waals surface area contributed by atoms with Crippen LogP contribution in [0.2, 0.25) is 10.0 Å². The maximum atomic E-state index is 16.7. The first kappa shape index (κ1) is 26.8. The molecule has 7 nitrogen and oxygen atoms in total. The average molecular weight is 580 g/mol. The Morgan fingerprint density at radius 1 is 1.32 bits per heavy atom.